The summed E-state index contributed by atoms with van der Waals surface area (Å²) in [6.07, 6.45) is -2.58. The molecule has 0 radical (unpaired) electrons. The fourth-order valence-corrected chi connectivity index (χ4v) is 2.04. The molecule has 3 aromatic rings. The van der Waals surface area contributed by atoms with Gasteiger partial charge in [-0.25, -0.2) is 0 Å². The van der Waals surface area contributed by atoms with Crippen LogP contribution in [0, 0.1) is 0 Å². The van der Waals surface area contributed by atoms with Gasteiger partial charge in [0.15, 0.2) is 0 Å². The van der Waals surface area contributed by atoms with E-state index in [1.54, 1.807) is 0 Å². The molecule has 0 aliphatic rings. The highest BCUT2D eigenvalue weighted by molar-refractivity contribution is 6.33. The number of fused-ring (bicyclic) bond motifs is 1. The molecule has 0 bridgehead atoms. The number of nitrogens with two attached hydrogens (primary N) is 1. The Balaban J connectivity index is 2.21. The van der Waals surface area contributed by atoms with Gasteiger partial charge in [-0.2, -0.15) is 32.8 Å². The number of halogens is 4. The van der Waals surface area contributed by atoms with E-state index in [-0.39, 0.29) is 22.3 Å². The van der Waals surface area contributed by atoms with Crippen LogP contribution in [0.15, 0.2) is 24.7 Å². The Hall–Kier alpha value is -2.42. The number of rotatable bonds is 1. The van der Waals surface area contributed by atoms with Gasteiger partial charge in [-0.3, -0.25) is 4.98 Å². The second-order valence-corrected chi connectivity index (χ2v) is 4.50. The van der Waals surface area contributed by atoms with Crippen LogP contribution in [-0.2, 0) is 6.18 Å². The molecule has 0 aliphatic carbocycles. The lowest BCUT2D eigenvalue weighted by molar-refractivity contribution is -0.137. The minimum absolute atomic E-state index is 0.106. The van der Waals surface area contributed by atoms with Gasteiger partial charge in [-0.1, -0.05) is 11.6 Å². The lowest BCUT2D eigenvalue weighted by atomic mass is 10.2. The number of pyridine rings is 1. The average molecular weight is 315 g/mol. The summed E-state index contributed by atoms with van der Waals surface area (Å²) in [6.45, 7) is 0. The van der Waals surface area contributed by atoms with E-state index in [1.807, 2.05) is 0 Å². The topological polar surface area (TPSA) is 82.0 Å². The first-order chi connectivity index (χ1) is 9.86. The van der Waals surface area contributed by atoms with Crippen LogP contribution in [0.25, 0.3) is 17.2 Å². The van der Waals surface area contributed by atoms with Crippen molar-refractivity contribution >= 4 is 23.2 Å². The van der Waals surface area contributed by atoms with E-state index in [0.717, 1.165) is 6.07 Å². The third-order valence-corrected chi connectivity index (χ3v) is 2.97. The summed E-state index contributed by atoms with van der Waals surface area (Å²) in [5, 5.41) is 3.74. The quantitative estimate of drug-likeness (QED) is 0.746. The molecule has 108 valence electrons. The monoisotopic (exact) mass is 314 g/mol. The van der Waals surface area contributed by atoms with E-state index < -0.39 is 11.7 Å². The Kier molecular flexibility index (Phi) is 2.94. The number of hydrogen-bond donors (Lipinski definition) is 1. The van der Waals surface area contributed by atoms with Gasteiger partial charge in [-0.15, -0.1) is 0 Å². The molecule has 0 atom stereocenters. The maximum Gasteiger partial charge on any atom is 0.417 e. The second kappa shape index (κ2) is 4.55. The lowest BCUT2D eigenvalue weighted by Gasteiger charge is -2.10. The van der Waals surface area contributed by atoms with E-state index in [2.05, 4.69) is 20.1 Å². The summed E-state index contributed by atoms with van der Waals surface area (Å²) in [5.74, 6) is 0.325. The molecule has 0 saturated heterocycles. The number of nitrogens with zero attached hydrogens (tertiary/aromatic N) is 5. The fourth-order valence-electron chi connectivity index (χ4n) is 1.78. The van der Waals surface area contributed by atoms with Crippen molar-refractivity contribution in [2.45, 2.75) is 6.18 Å². The van der Waals surface area contributed by atoms with Gasteiger partial charge in [0.25, 0.3) is 5.78 Å². The van der Waals surface area contributed by atoms with Crippen molar-refractivity contribution in [2.75, 3.05) is 5.73 Å². The second-order valence-electron chi connectivity index (χ2n) is 4.09. The zero-order valence-corrected chi connectivity index (χ0v) is 10.9. The molecular formula is C11H6ClF3N6. The van der Waals surface area contributed by atoms with Gasteiger partial charge < -0.3 is 5.73 Å². The summed E-state index contributed by atoms with van der Waals surface area (Å²) in [5.41, 5.74) is 5.10. The van der Waals surface area contributed by atoms with Crippen LogP contribution in [-0.4, -0.2) is 24.6 Å². The van der Waals surface area contributed by atoms with Crippen LogP contribution in [0.5, 0.6) is 0 Å². The lowest BCUT2D eigenvalue weighted by Crippen LogP contribution is -2.07. The standard InChI is InChI=1S/C11H6ClF3N6/c12-6-1-5(11(13,14)15)3-17-9(6)7-2-8(16)20-10-18-4-19-21(7)10/h1-4H,(H2,16,18,19,20). The zero-order valence-electron chi connectivity index (χ0n) is 10.1. The molecule has 21 heavy (non-hydrogen) atoms. The molecular weight excluding hydrogens is 309 g/mol. The highest BCUT2D eigenvalue weighted by atomic mass is 35.5. The van der Waals surface area contributed by atoms with Crippen molar-refractivity contribution in [3.8, 4) is 11.4 Å². The first-order valence-electron chi connectivity index (χ1n) is 5.55. The summed E-state index contributed by atoms with van der Waals surface area (Å²) >= 11 is 5.90. The smallest absolute Gasteiger partial charge is 0.384 e. The van der Waals surface area contributed by atoms with E-state index in [4.69, 9.17) is 17.3 Å². The van der Waals surface area contributed by atoms with Crippen LogP contribution in [0.2, 0.25) is 5.02 Å². The Morgan fingerprint density at radius 1 is 1.19 bits per heavy atom. The number of nitrogen functional groups attached to an aromatic ring is 1. The number of hydrogen-bond acceptors (Lipinski definition) is 5. The Morgan fingerprint density at radius 2 is 1.95 bits per heavy atom. The molecule has 10 heteroatoms. The first-order valence-corrected chi connectivity index (χ1v) is 5.93. The molecule has 3 rings (SSSR count). The summed E-state index contributed by atoms with van der Waals surface area (Å²) in [6, 6.07) is 2.20. The third kappa shape index (κ3) is 2.35. The van der Waals surface area contributed by atoms with Crippen molar-refractivity contribution in [1.29, 1.82) is 0 Å². The molecule has 0 spiro atoms. The first kappa shape index (κ1) is 13.6. The van der Waals surface area contributed by atoms with E-state index in [1.165, 1.54) is 16.9 Å². The van der Waals surface area contributed by atoms with Crippen LogP contribution >= 0.6 is 11.6 Å². The fraction of sp³-hybridized carbons (Fsp3) is 0.0909. The van der Waals surface area contributed by atoms with Crippen molar-refractivity contribution in [1.82, 2.24) is 24.6 Å². The van der Waals surface area contributed by atoms with Crippen molar-refractivity contribution in [2.24, 2.45) is 0 Å². The Bertz CT molecular complexity index is 828. The van der Waals surface area contributed by atoms with Crippen molar-refractivity contribution in [3.63, 3.8) is 0 Å². The highest BCUT2D eigenvalue weighted by Crippen LogP contribution is 2.34. The van der Waals surface area contributed by atoms with Gasteiger partial charge in [0.2, 0.25) is 0 Å². The minimum atomic E-state index is -4.52. The maximum atomic E-state index is 12.6. The molecule has 6 nitrogen and oxygen atoms in total. The van der Waals surface area contributed by atoms with Gasteiger partial charge in [0.1, 0.15) is 17.8 Å². The predicted molar refractivity (Wildman–Crippen MR) is 68.4 cm³/mol. The normalized spacial score (nSPS) is 12.0. The largest absolute Gasteiger partial charge is 0.417 e. The molecule has 0 fully saturated rings. The molecule has 0 aromatic carbocycles. The Morgan fingerprint density at radius 3 is 2.62 bits per heavy atom. The van der Waals surface area contributed by atoms with Crippen LogP contribution in [0.4, 0.5) is 19.0 Å². The Labute approximate surface area is 120 Å². The molecule has 0 saturated carbocycles. The minimum Gasteiger partial charge on any atom is -0.384 e. The molecule has 3 heterocycles. The van der Waals surface area contributed by atoms with Crippen LogP contribution < -0.4 is 5.73 Å². The number of aromatic nitrogens is 5. The van der Waals surface area contributed by atoms with E-state index >= 15 is 0 Å². The number of anilines is 1. The number of alkyl halides is 3. The highest BCUT2D eigenvalue weighted by Gasteiger charge is 2.32. The zero-order chi connectivity index (χ0) is 15.2. The van der Waals surface area contributed by atoms with Gasteiger partial charge in [0.05, 0.1) is 16.3 Å². The molecule has 0 amide bonds. The van der Waals surface area contributed by atoms with Crippen molar-refractivity contribution in [3.05, 3.63) is 35.2 Å². The van der Waals surface area contributed by atoms with E-state index in [0.29, 0.717) is 11.9 Å². The predicted octanol–water partition coefficient (Wildman–Crippen LogP) is 2.44. The summed E-state index contributed by atoms with van der Waals surface area (Å²) in [7, 11) is 0. The molecule has 0 aliphatic heterocycles. The van der Waals surface area contributed by atoms with Crippen LogP contribution in [0.3, 0.4) is 0 Å². The SMILES string of the molecule is Nc1cc(-c2ncc(C(F)(F)F)cc2Cl)n2ncnc2n1. The maximum absolute atomic E-state index is 12.6. The summed E-state index contributed by atoms with van der Waals surface area (Å²) < 4.78 is 39.1. The van der Waals surface area contributed by atoms with Gasteiger partial charge >= 0.3 is 6.18 Å². The summed E-state index contributed by atoms with van der Waals surface area (Å²) in [4.78, 5) is 11.5. The van der Waals surface area contributed by atoms with Gasteiger partial charge in [-0.05, 0) is 6.07 Å². The third-order valence-electron chi connectivity index (χ3n) is 2.68. The molecule has 2 N–H and O–H groups in total. The van der Waals surface area contributed by atoms with E-state index in [9.17, 15) is 13.2 Å². The van der Waals surface area contributed by atoms with Gasteiger partial charge in [0, 0.05) is 12.3 Å². The molecule has 3 aromatic heterocycles. The van der Waals surface area contributed by atoms with Crippen molar-refractivity contribution < 1.29 is 13.2 Å². The average Bonchev–Trinajstić information content (AvgIpc) is 2.84. The van der Waals surface area contributed by atoms with Crippen LogP contribution in [0.1, 0.15) is 5.56 Å². The molecule has 0 unspecified atom stereocenters.